The summed E-state index contributed by atoms with van der Waals surface area (Å²) in [5.74, 6) is 9.06. The maximum absolute atomic E-state index is 12.9. The van der Waals surface area contributed by atoms with E-state index >= 15 is 0 Å². The first-order valence-electron chi connectivity index (χ1n) is 15.1. The van der Waals surface area contributed by atoms with Crippen LogP contribution >= 0.6 is 0 Å². The summed E-state index contributed by atoms with van der Waals surface area (Å²) >= 11 is 0. The van der Waals surface area contributed by atoms with Crippen LogP contribution in [0.25, 0.3) is 16.7 Å². The van der Waals surface area contributed by atoms with Crippen LogP contribution in [0.3, 0.4) is 0 Å². The predicted molar refractivity (Wildman–Crippen MR) is 169 cm³/mol. The molecule has 2 fully saturated rings. The summed E-state index contributed by atoms with van der Waals surface area (Å²) in [6.07, 6.45) is 11.1. The Balaban J connectivity index is 0.00000264. The summed E-state index contributed by atoms with van der Waals surface area (Å²) in [7, 11) is -3.01. The van der Waals surface area contributed by atoms with E-state index in [-0.39, 0.29) is 32.4 Å². The van der Waals surface area contributed by atoms with Gasteiger partial charge in [-0.3, -0.25) is 4.79 Å². The van der Waals surface area contributed by atoms with Crippen LogP contribution < -0.4 is 10.1 Å². The molecular formula is C32H45N5O4S. The third kappa shape index (κ3) is 7.90. The number of benzene rings is 1. The molecule has 3 aromatic rings. The Labute approximate surface area is 251 Å². The first kappa shape index (κ1) is 30.1. The SMILES string of the molecule is CCCN1CC[C@@H](NC(=O)C2CCC(C#Cc3nccc(-n4ccc5c(OCCCS(C)(=O)=O)cccc54)n3)CC2)C1.[HH].[HH]. The molecule has 1 N–H and O–H groups in total. The summed E-state index contributed by atoms with van der Waals surface area (Å²) in [5, 5.41) is 4.22. The number of rotatable bonds is 10. The molecule has 10 heteroatoms. The lowest BCUT2D eigenvalue weighted by atomic mass is 9.82. The molecule has 1 aliphatic carbocycles. The second kappa shape index (κ2) is 13.7. The predicted octanol–water partition coefficient (Wildman–Crippen LogP) is 4.48. The molecule has 0 unspecified atom stereocenters. The zero-order valence-corrected chi connectivity index (χ0v) is 25.4. The van der Waals surface area contributed by atoms with Crippen LogP contribution in [0.4, 0.5) is 0 Å². The van der Waals surface area contributed by atoms with Crippen molar-refractivity contribution in [2.24, 2.45) is 11.8 Å². The van der Waals surface area contributed by atoms with E-state index in [1.54, 1.807) is 6.20 Å². The minimum atomic E-state index is -3.01. The van der Waals surface area contributed by atoms with E-state index in [9.17, 15) is 13.2 Å². The lowest BCUT2D eigenvalue weighted by molar-refractivity contribution is -0.126. The highest BCUT2D eigenvalue weighted by molar-refractivity contribution is 7.90. The minimum absolute atomic E-state index is 0. The van der Waals surface area contributed by atoms with Gasteiger partial charge in [-0.2, -0.15) is 0 Å². The van der Waals surface area contributed by atoms with Gasteiger partial charge in [0.25, 0.3) is 0 Å². The van der Waals surface area contributed by atoms with Crippen molar-refractivity contribution in [2.75, 3.05) is 38.2 Å². The Morgan fingerprint density at radius 2 is 2.00 bits per heavy atom. The number of carbonyl (C=O) groups excluding carboxylic acids is 1. The molecule has 9 nitrogen and oxygen atoms in total. The van der Waals surface area contributed by atoms with E-state index in [4.69, 9.17) is 9.72 Å². The van der Waals surface area contributed by atoms with Crippen LogP contribution in [-0.2, 0) is 14.6 Å². The second-order valence-electron chi connectivity index (χ2n) is 11.6. The quantitative estimate of drug-likeness (QED) is 0.272. The summed E-state index contributed by atoms with van der Waals surface area (Å²) < 4.78 is 30.7. The average molecular weight is 596 g/mol. The van der Waals surface area contributed by atoms with Crippen molar-refractivity contribution in [3.05, 3.63) is 48.5 Å². The molecule has 1 atom stereocenters. The van der Waals surface area contributed by atoms with Gasteiger partial charge in [-0.15, -0.1) is 0 Å². The highest BCUT2D eigenvalue weighted by Crippen LogP contribution is 2.30. The summed E-state index contributed by atoms with van der Waals surface area (Å²) in [4.78, 5) is 24.4. The van der Waals surface area contributed by atoms with Crippen LogP contribution in [-0.4, -0.2) is 78.1 Å². The zero-order chi connectivity index (χ0) is 29.5. The van der Waals surface area contributed by atoms with E-state index in [1.807, 2.05) is 41.1 Å². The Morgan fingerprint density at radius 1 is 1.17 bits per heavy atom. The molecule has 1 amide bonds. The van der Waals surface area contributed by atoms with Gasteiger partial charge in [0, 0.05) is 57.9 Å². The van der Waals surface area contributed by atoms with E-state index in [1.165, 1.54) is 6.26 Å². The van der Waals surface area contributed by atoms with E-state index in [0.717, 1.165) is 69.1 Å². The van der Waals surface area contributed by atoms with Crippen LogP contribution in [0.5, 0.6) is 5.75 Å². The number of nitrogens with zero attached hydrogens (tertiary/aromatic N) is 4. The number of aromatic nitrogens is 3. The molecule has 1 aliphatic heterocycles. The van der Waals surface area contributed by atoms with Crippen molar-refractivity contribution >= 4 is 26.6 Å². The van der Waals surface area contributed by atoms with Gasteiger partial charge in [-0.1, -0.05) is 18.9 Å². The number of hydrogen-bond acceptors (Lipinski definition) is 7. The van der Waals surface area contributed by atoms with Crippen molar-refractivity contribution in [3.63, 3.8) is 0 Å². The van der Waals surface area contributed by atoms with Crippen molar-refractivity contribution in [3.8, 4) is 23.4 Å². The molecule has 0 spiro atoms. The Hall–Kier alpha value is -3.42. The van der Waals surface area contributed by atoms with Gasteiger partial charge < -0.3 is 19.5 Å². The van der Waals surface area contributed by atoms with E-state index in [0.29, 0.717) is 30.4 Å². The third-order valence-electron chi connectivity index (χ3n) is 8.14. The molecule has 0 bridgehead atoms. The second-order valence-corrected chi connectivity index (χ2v) is 13.8. The van der Waals surface area contributed by atoms with Crippen LogP contribution in [0.15, 0.2) is 42.7 Å². The average Bonchev–Trinajstić information content (AvgIpc) is 3.61. The largest absolute Gasteiger partial charge is 0.493 e. The molecule has 1 saturated carbocycles. The van der Waals surface area contributed by atoms with Crippen molar-refractivity contribution < 1.29 is 20.8 Å². The highest BCUT2D eigenvalue weighted by atomic mass is 32.2. The van der Waals surface area contributed by atoms with Gasteiger partial charge >= 0.3 is 0 Å². The number of likely N-dealkylation sites (tertiary alicyclic amines) is 1. The lowest BCUT2D eigenvalue weighted by Crippen LogP contribution is -2.41. The van der Waals surface area contributed by atoms with Crippen LogP contribution in [0.2, 0.25) is 0 Å². The fraction of sp³-hybridized carbons (Fsp3) is 0.531. The summed E-state index contributed by atoms with van der Waals surface area (Å²) in [6.45, 7) is 5.69. The minimum Gasteiger partial charge on any atom is -0.493 e. The monoisotopic (exact) mass is 595 g/mol. The molecule has 5 rings (SSSR count). The van der Waals surface area contributed by atoms with Crippen molar-refractivity contribution in [2.45, 2.75) is 57.9 Å². The fourth-order valence-corrected chi connectivity index (χ4v) is 6.61. The Morgan fingerprint density at radius 3 is 2.79 bits per heavy atom. The number of ether oxygens (including phenoxy) is 1. The standard InChI is InChI=1S/C32H41N5O4S.2H2/c1-3-18-36-19-15-26(23-36)34-32(38)25-11-8-24(9-12-25)10-13-30-33-17-14-31(35-30)37-20-16-27-28(37)6-4-7-29(27)41-21-5-22-42(2,39)40;;/h4,6-7,14,16-17,20,24-26H,3,5,8-9,11-12,15,18-19,21-23H2,1-2H3,(H,34,38);2*1H/t24?,25?,26-;;/m1../s1. The molecule has 0 radical (unpaired) electrons. The highest BCUT2D eigenvalue weighted by Gasteiger charge is 2.29. The summed E-state index contributed by atoms with van der Waals surface area (Å²) in [6, 6.07) is 9.90. The zero-order valence-electron chi connectivity index (χ0n) is 24.6. The molecule has 42 heavy (non-hydrogen) atoms. The fourth-order valence-electron chi connectivity index (χ4n) is 5.97. The van der Waals surface area contributed by atoms with Gasteiger partial charge in [0.2, 0.25) is 11.7 Å². The van der Waals surface area contributed by atoms with Gasteiger partial charge in [-0.05, 0) is 81.7 Å². The van der Waals surface area contributed by atoms with Gasteiger partial charge in [0.1, 0.15) is 21.4 Å². The number of nitrogens with one attached hydrogen (secondary N) is 1. The van der Waals surface area contributed by atoms with Gasteiger partial charge in [0.05, 0.1) is 17.9 Å². The number of sulfone groups is 1. The first-order chi connectivity index (χ1) is 20.3. The Bertz CT molecular complexity index is 1560. The maximum atomic E-state index is 12.9. The van der Waals surface area contributed by atoms with Crippen molar-refractivity contribution in [1.29, 1.82) is 0 Å². The first-order valence-corrected chi connectivity index (χ1v) is 17.1. The molecule has 1 aromatic carbocycles. The number of fused-ring (bicyclic) bond motifs is 1. The molecule has 1 saturated heterocycles. The van der Waals surface area contributed by atoms with Gasteiger partial charge in [0.15, 0.2) is 0 Å². The lowest BCUT2D eigenvalue weighted by Gasteiger charge is -2.26. The number of carbonyl (C=O) groups is 1. The Kier molecular flexibility index (Phi) is 9.80. The van der Waals surface area contributed by atoms with Crippen LogP contribution in [0.1, 0.15) is 60.5 Å². The number of hydrogen-bond donors (Lipinski definition) is 1. The van der Waals surface area contributed by atoms with Crippen molar-refractivity contribution in [1.82, 2.24) is 24.8 Å². The van der Waals surface area contributed by atoms with Crippen LogP contribution in [0, 0.1) is 23.7 Å². The molecule has 3 heterocycles. The molecule has 228 valence electrons. The number of amides is 1. The smallest absolute Gasteiger partial charge is 0.223 e. The van der Waals surface area contributed by atoms with E-state index in [2.05, 4.69) is 34.0 Å². The molecular weight excluding hydrogens is 550 g/mol. The molecule has 2 aromatic heterocycles. The molecule has 2 aliphatic rings. The normalized spacial score (nSPS) is 21.1. The van der Waals surface area contributed by atoms with Gasteiger partial charge in [-0.25, -0.2) is 18.4 Å². The topological polar surface area (TPSA) is 106 Å². The third-order valence-corrected chi connectivity index (χ3v) is 9.17. The maximum Gasteiger partial charge on any atom is 0.223 e. The summed E-state index contributed by atoms with van der Waals surface area (Å²) in [5.41, 5.74) is 0.931. The van der Waals surface area contributed by atoms with E-state index < -0.39 is 9.84 Å².